The highest BCUT2D eigenvalue weighted by atomic mass is 35.5. The van der Waals surface area contributed by atoms with E-state index in [-0.39, 0.29) is 5.88 Å². The average Bonchev–Trinajstić information content (AvgIpc) is 2.58. The van der Waals surface area contributed by atoms with Crippen LogP contribution < -0.4 is 0 Å². The van der Waals surface area contributed by atoms with E-state index in [0.717, 1.165) is 11.8 Å². The van der Waals surface area contributed by atoms with E-state index in [9.17, 15) is 4.79 Å². The lowest BCUT2D eigenvalue weighted by atomic mass is 10.2. The number of fused-ring (bicyclic) bond motifs is 1. The highest BCUT2D eigenvalue weighted by Gasteiger charge is 2.04. The molecule has 0 N–H and O–H groups in total. The first kappa shape index (κ1) is 8.26. The van der Waals surface area contributed by atoms with Crippen molar-refractivity contribution in [2.45, 2.75) is 5.88 Å². The zero-order valence-corrected chi connectivity index (χ0v) is 7.41. The fourth-order valence-electron chi connectivity index (χ4n) is 1.12. The summed E-state index contributed by atoms with van der Waals surface area (Å²) in [5.41, 5.74) is 1.89. The lowest BCUT2D eigenvalue weighted by Gasteiger charge is -1.87. The van der Waals surface area contributed by atoms with Crippen molar-refractivity contribution in [1.82, 2.24) is 4.98 Å². The largest absolute Gasteiger partial charge is 0.439 e. The number of carbonyl (C=O) groups is 1. The van der Waals surface area contributed by atoms with Gasteiger partial charge in [0.2, 0.25) is 5.89 Å². The van der Waals surface area contributed by atoms with Crippen LogP contribution in [-0.4, -0.2) is 11.3 Å². The van der Waals surface area contributed by atoms with Gasteiger partial charge in [-0.2, -0.15) is 0 Å². The molecule has 0 aliphatic heterocycles. The molecule has 3 nitrogen and oxygen atoms in total. The summed E-state index contributed by atoms with van der Waals surface area (Å²) in [5.74, 6) is 0.713. The van der Waals surface area contributed by atoms with Crippen LogP contribution in [0.4, 0.5) is 0 Å². The molecule has 0 fully saturated rings. The number of aldehydes is 1. The van der Waals surface area contributed by atoms with Crippen LogP contribution in [0.25, 0.3) is 11.1 Å². The van der Waals surface area contributed by atoms with Crippen molar-refractivity contribution < 1.29 is 9.21 Å². The molecule has 0 radical (unpaired) electrons. The molecule has 2 rings (SSSR count). The molecule has 0 saturated heterocycles. The number of aromatic nitrogens is 1. The van der Waals surface area contributed by atoms with Gasteiger partial charge in [-0.1, -0.05) is 0 Å². The van der Waals surface area contributed by atoms with Crippen LogP contribution in [0.2, 0.25) is 0 Å². The zero-order chi connectivity index (χ0) is 9.26. The molecule has 66 valence electrons. The number of carbonyl (C=O) groups excluding carboxylic acids is 1. The zero-order valence-electron chi connectivity index (χ0n) is 6.66. The van der Waals surface area contributed by atoms with Gasteiger partial charge in [-0.3, -0.25) is 4.79 Å². The van der Waals surface area contributed by atoms with Gasteiger partial charge in [-0.05, 0) is 18.2 Å². The molecule has 0 bridgehead atoms. The molecular formula is C9H6ClNO2. The van der Waals surface area contributed by atoms with Crippen LogP contribution in [0.15, 0.2) is 22.6 Å². The molecule has 1 heterocycles. The first-order valence-corrected chi connectivity index (χ1v) is 4.27. The van der Waals surface area contributed by atoms with E-state index in [1.165, 1.54) is 0 Å². The van der Waals surface area contributed by atoms with E-state index >= 15 is 0 Å². The minimum absolute atomic E-state index is 0.241. The summed E-state index contributed by atoms with van der Waals surface area (Å²) in [7, 11) is 0. The number of rotatable bonds is 2. The maximum atomic E-state index is 10.4. The van der Waals surface area contributed by atoms with E-state index < -0.39 is 0 Å². The third-order valence-electron chi connectivity index (χ3n) is 1.71. The molecule has 0 spiro atoms. The van der Waals surface area contributed by atoms with Gasteiger partial charge in [0.15, 0.2) is 5.58 Å². The van der Waals surface area contributed by atoms with Crippen molar-refractivity contribution in [2.24, 2.45) is 0 Å². The molecule has 0 amide bonds. The summed E-state index contributed by atoms with van der Waals surface area (Å²) in [4.78, 5) is 14.5. The van der Waals surface area contributed by atoms with Crippen LogP contribution in [0.1, 0.15) is 16.2 Å². The van der Waals surface area contributed by atoms with Crippen molar-refractivity contribution in [3.05, 3.63) is 29.7 Å². The highest BCUT2D eigenvalue weighted by Crippen LogP contribution is 2.17. The van der Waals surface area contributed by atoms with E-state index in [4.69, 9.17) is 16.0 Å². The lowest BCUT2D eigenvalue weighted by molar-refractivity contribution is 0.112. The quantitative estimate of drug-likeness (QED) is 0.546. The number of alkyl halides is 1. The minimum Gasteiger partial charge on any atom is -0.439 e. The Labute approximate surface area is 79.3 Å². The first-order valence-electron chi connectivity index (χ1n) is 3.74. The topological polar surface area (TPSA) is 43.1 Å². The second-order valence-electron chi connectivity index (χ2n) is 2.59. The Kier molecular flexibility index (Phi) is 2.02. The summed E-state index contributed by atoms with van der Waals surface area (Å²) >= 11 is 5.55. The predicted octanol–water partition coefficient (Wildman–Crippen LogP) is 2.38. The molecule has 0 unspecified atom stereocenters. The summed E-state index contributed by atoms with van der Waals surface area (Å²) < 4.78 is 5.26. The van der Waals surface area contributed by atoms with Crippen LogP contribution in [-0.2, 0) is 5.88 Å². The fourth-order valence-corrected chi connectivity index (χ4v) is 1.23. The monoisotopic (exact) mass is 195 g/mol. The normalized spacial score (nSPS) is 10.5. The van der Waals surface area contributed by atoms with Gasteiger partial charge >= 0.3 is 0 Å². The van der Waals surface area contributed by atoms with Crippen LogP contribution in [0.5, 0.6) is 0 Å². The first-order chi connectivity index (χ1) is 6.33. The summed E-state index contributed by atoms with van der Waals surface area (Å²) in [6.07, 6.45) is 0.766. The Balaban J connectivity index is 2.63. The van der Waals surface area contributed by atoms with Crippen LogP contribution in [0, 0.1) is 0 Å². The molecule has 4 heteroatoms. The Morgan fingerprint density at radius 2 is 2.38 bits per heavy atom. The third kappa shape index (κ3) is 1.42. The van der Waals surface area contributed by atoms with Crippen molar-refractivity contribution >= 4 is 29.0 Å². The highest BCUT2D eigenvalue weighted by molar-refractivity contribution is 6.16. The van der Waals surface area contributed by atoms with Crippen LogP contribution in [0.3, 0.4) is 0 Å². The van der Waals surface area contributed by atoms with Crippen molar-refractivity contribution in [3.63, 3.8) is 0 Å². The summed E-state index contributed by atoms with van der Waals surface area (Å²) in [6.45, 7) is 0. The molecule has 0 aliphatic carbocycles. The third-order valence-corrected chi connectivity index (χ3v) is 1.94. The Bertz CT molecular complexity index is 450. The molecule has 0 saturated carbocycles. The summed E-state index contributed by atoms with van der Waals surface area (Å²) in [5, 5.41) is 0. The lowest BCUT2D eigenvalue weighted by Crippen LogP contribution is -1.77. The van der Waals surface area contributed by atoms with Gasteiger partial charge in [0.1, 0.15) is 11.8 Å². The van der Waals surface area contributed by atoms with Gasteiger partial charge < -0.3 is 4.42 Å². The second kappa shape index (κ2) is 3.18. The van der Waals surface area contributed by atoms with Crippen molar-refractivity contribution in [1.29, 1.82) is 0 Å². The molecule has 0 aliphatic rings. The fraction of sp³-hybridized carbons (Fsp3) is 0.111. The molecular weight excluding hydrogens is 190 g/mol. The predicted molar refractivity (Wildman–Crippen MR) is 49.0 cm³/mol. The van der Waals surface area contributed by atoms with E-state index in [1.54, 1.807) is 18.2 Å². The molecule has 13 heavy (non-hydrogen) atoms. The number of halogens is 1. The molecule has 2 aromatic rings. The Morgan fingerprint density at radius 1 is 1.54 bits per heavy atom. The van der Waals surface area contributed by atoms with E-state index in [0.29, 0.717) is 17.0 Å². The van der Waals surface area contributed by atoms with Gasteiger partial charge in [0, 0.05) is 5.56 Å². The number of hydrogen-bond acceptors (Lipinski definition) is 3. The van der Waals surface area contributed by atoms with Crippen LogP contribution >= 0.6 is 11.6 Å². The average molecular weight is 196 g/mol. The van der Waals surface area contributed by atoms with Gasteiger partial charge in [0.25, 0.3) is 0 Å². The van der Waals surface area contributed by atoms with Gasteiger partial charge in [0.05, 0.1) is 5.88 Å². The SMILES string of the molecule is O=Cc1ccc2nc(CCl)oc2c1. The maximum absolute atomic E-state index is 10.4. The number of benzene rings is 1. The number of nitrogens with zero attached hydrogens (tertiary/aromatic N) is 1. The number of oxazole rings is 1. The van der Waals surface area contributed by atoms with E-state index in [2.05, 4.69) is 4.98 Å². The molecule has 1 aromatic carbocycles. The standard InChI is InChI=1S/C9H6ClNO2/c10-4-9-11-7-2-1-6(5-12)3-8(7)13-9/h1-3,5H,4H2. The van der Waals surface area contributed by atoms with E-state index in [1.807, 2.05) is 0 Å². The molecule has 0 atom stereocenters. The van der Waals surface area contributed by atoms with Gasteiger partial charge in [-0.25, -0.2) is 4.98 Å². The maximum Gasteiger partial charge on any atom is 0.210 e. The van der Waals surface area contributed by atoms with Crippen molar-refractivity contribution in [2.75, 3.05) is 0 Å². The summed E-state index contributed by atoms with van der Waals surface area (Å²) in [6, 6.07) is 5.07. The smallest absolute Gasteiger partial charge is 0.210 e. The second-order valence-corrected chi connectivity index (χ2v) is 2.85. The Hall–Kier alpha value is -1.35. The van der Waals surface area contributed by atoms with Crippen molar-refractivity contribution in [3.8, 4) is 0 Å². The van der Waals surface area contributed by atoms with Gasteiger partial charge in [-0.15, -0.1) is 11.6 Å². The molecule has 1 aromatic heterocycles. The number of hydrogen-bond donors (Lipinski definition) is 0. The Morgan fingerprint density at radius 3 is 3.08 bits per heavy atom. The minimum atomic E-state index is 0.241.